The summed E-state index contributed by atoms with van der Waals surface area (Å²) in [7, 11) is 0. The lowest BCUT2D eigenvalue weighted by Crippen LogP contribution is -1.99. The predicted molar refractivity (Wildman–Crippen MR) is 78.5 cm³/mol. The topological polar surface area (TPSA) is 50.2 Å². The number of benzene rings is 2. The van der Waals surface area contributed by atoms with E-state index in [1.165, 1.54) is 0 Å². The molecule has 0 bridgehead atoms. The first-order valence-electron chi connectivity index (χ1n) is 6.38. The molecular formula is C17H13NO2. The smallest absolute Gasteiger partial charge is 0.307 e. The summed E-state index contributed by atoms with van der Waals surface area (Å²) in [4.78, 5) is 14.9. The van der Waals surface area contributed by atoms with E-state index in [0.29, 0.717) is 0 Å². The Balaban J connectivity index is 2.13. The molecule has 98 valence electrons. The normalized spacial score (nSPS) is 10.6. The largest absolute Gasteiger partial charge is 0.481 e. The Morgan fingerprint density at radius 3 is 2.80 bits per heavy atom. The fourth-order valence-corrected chi connectivity index (χ4v) is 2.40. The Kier molecular flexibility index (Phi) is 3.17. The molecule has 3 rings (SSSR count). The van der Waals surface area contributed by atoms with E-state index >= 15 is 0 Å². The van der Waals surface area contributed by atoms with E-state index in [1.54, 1.807) is 6.20 Å². The Labute approximate surface area is 116 Å². The highest BCUT2D eigenvalue weighted by Crippen LogP contribution is 2.28. The van der Waals surface area contributed by atoms with E-state index < -0.39 is 5.97 Å². The van der Waals surface area contributed by atoms with Crippen molar-refractivity contribution < 1.29 is 9.90 Å². The quantitative estimate of drug-likeness (QED) is 0.786. The number of nitrogens with zero attached hydrogens (tertiary/aromatic N) is 1. The van der Waals surface area contributed by atoms with Gasteiger partial charge >= 0.3 is 5.97 Å². The van der Waals surface area contributed by atoms with Crippen LogP contribution in [-0.4, -0.2) is 16.1 Å². The van der Waals surface area contributed by atoms with Crippen LogP contribution in [0.3, 0.4) is 0 Å². The number of hydrogen-bond donors (Lipinski definition) is 1. The molecule has 0 aliphatic rings. The predicted octanol–water partition coefficient (Wildman–Crippen LogP) is 3.53. The molecule has 3 heteroatoms. The maximum absolute atomic E-state index is 10.8. The number of carbonyl (C=O) groups is 1. The average Bonchev–Trinajstić information content (AvgIpc) is 2.46. The van der Waals surface area contributed by atoms with E-state index in [0.717, 1.165) is 27.5 Å². The first-order chi connectivity index (χ1) is 9.74. The van der Waals surface area contributed by atoms with Crippen molar-refractivity contribution in [2.75, 3.05) is 0 Å². The van der Waals surface area contributed by atoms with Crippen LogP contribution in [0.25, 0.3) is 21.9 Å². The third-order valence-electron chi connectivity index (χ3n) is 3.27. The van der Waals surface area contributed by atoms with Crippen LogP contribution in [0.4, 0.5) is 0 Å². The highest BCUT2D eigenvalue weighted by Gasteiger charge is 2.06. The molecule has 1 aromatic heterocycles. The Morgan fingerprint density at radius 2 is 1.95 bits per heavy atom. The van der Waals surface area contributed by atoms with Crippen molar-refractivity contribution >= 4 is 16.7 Å². The van der Waals surface area contributed by atoms with Crippen LogP contribution in [0.5, 0.6) is 0 Å². The van der Waals surface area contributed by atoms with Gasteiger partial charge in [-0.2, -0.15) is 0 Å². The van der Waals surface area contributed by atoms with E-state index in [9.17, 15) is 4.79 Å². The second-order valence-corrected chi connectivity index (χ2v) is 4.67. The number of aromatic nitrogens is 1. The van der Waals surface area contributed by atoms with Crippen molar-refractivity contribution in [1.29, 1.82) is 0 Å². The van der Waals surface area contributed by atoms with Gasteiger partial charge in [-0.25, -0.2) is 0 Å². The van der Waals surface area contributed by atoms with Crippen molar-refractivity contribution in [3.8, 4) is 11.1 Å². The number of fused-ring (bicyclic) bond motifs is 1. The van der Waals surface area contributed by atoms with Crippen LogP contribution in [0.2, 0.25) is 0 Å². The molecule has 0 atom stereocenters. The molecule has 0 spiro atoms. The van der Waals surface area contributed by atoms with Gasteiger partial charge < -0.3 is 5.11 Å². The Hall–Kier alpha value is -2.68. The third kappa shape index (κ3) is 2.38. The molecule has 0 aliphatic carbocycles. The summed E-state index contributed by atoms with van der Waals surface area (Å²) in [6.45, 7) is 0. The molecule has 1 N–H and O–H groups in total. The fourth-order valence-electron chi connectivity index (χ4n) is 2.40. The van der Waals surface area contributed by atoms with Crippen LogP contribution in [0, 0.1) is 0 Å². The van der Waals surface area contributed by atoms with Crippen LogP contribution < -0.4 is 0 Å². The van der Waals surface area contributed by atoms with Crippen molar-refractivity contribution in [1.82, 2.24) is 4.98 Å². The average molecular weight is 263 g/mol. The van der Waals surface area contributed by atoms with Crippen LogP contribution in [0.1, 0.15) is 5.56 Å². The maximum atomic E-state index is 10.8. The van der Waals surface area contributed by atoms with Crippen molar-refractivity contribution in [2.45, 2.75) is 6.42 Å². The molecular weight excluding hydrogens is 250 g/mol. The second kappa shape index (κ2) is 5.13. The van der Waals surface area contributed by atoms with Gasteiger partial charge in [0.2, 0.25) is 0 Å². The van der Waals surface area contributed by atoms with Crippen LogP contribution in [0.15, 0.2) is 60.9 Å². The minimum absolute atomic E-state index is 0.0418. The van der Waals surface area contributed by atoms with E-state index in [-0.39, 0.29) is 6.42 Å². The van der Waals surface area contributed by atoms with E-state index in [4.69, 9.17) is 5.11 Å². The van der Waals surface area contributed by atoms with Gasteiger partial charge in [0, 0.05) is 17.8 Å². The van der Waals surface area contributed by atoms with Gasteiger partial charge in [-0.15, -0.1) is 0 Å². The molecule has 0 saturated heterocycles. The molecule has 0 radical (unpaired) electrons. The number of carboxylic acid groups (broad SMARTS) is 1. The summed E-state index contributed by atoms with van der Waals surface area (Å²) in [5, 5.41) is 11.1. The molecule has 0 amide bonds. The molecule has 0 unspecified atom stereocenters. The highest BCUT2D eigenvalue weighted by atomic mass is 16.4. The Morgan fingerprint density at radius 1 is 1.10 bits per heavy atom. The molecule has 0 fully saturated rings. The molecule has 0 aliphatic heterocycles. The number of aliphatic carboxylic acids is 1. The zero-order valence-electron chi connectivity index (χ0n) is 10.8. The molecule has 1 heterocycles. The summed E-state index contributed by atoms with van der Waals surface area (Å²) in [5.41, 5.74) is 2.93. The first kappa shape index (κ1) is 12.4. The first-order valence-corrected chi connectivity index (χ1v) is 6.38. The fraction of sp³-hybridized carbons (Fsp3) is 0.0588. The van der Waals surface area contributed by atoms with Gasteiger partial charge in [0.15, 0.2) is 0 Å². The molecule has 2 aromatic carbocycles. The zero-order valence-corrected chi connectivity index (χ0v) is 10.8. The third-order valence-corrected chi connectivity index (χ3v) is 3.27. The monoisotopic (exact) mass is 263 g/mol. The van der Waals surface area contributed by atoms with Crippen LogP contribution in [-0.2, 0) is 11.2 Å². The van der Waals surface area contributed by atoms with Gasteiger partial charge in [-0.05, 0) is 28.1 Å². The van der Waals surface area contributed by atoms with Gasteiger partial charge in [-0.1, -0.05) is 42.5 Å². The van der Waals surface area contributed by atoms with Gasteiger partial charge in [0.05, 0.1) is 6.42 Å². The van der Waals surface area contributed by atoms with Gasteiger partial charge in [0.25, 0.3) is 0 Å². The van der Waals surface area contributed by atoms with E-state index in [2.05, 4.69) is 4.98 Å². The minimum atomic E-state index is -0.815. The zero-order chi connectivity index (χ0) is 13.9. The number of pyridine rings is 1. The molecule has 20 heavy (non-hydrogen) atoms. The summed E-state index contributed by atoms with van der Waals surface area (Å²) < 4.78 is 0. The number of hydrogen-bond acceptors (Lipinski definition) is 2. The van der Waals surface area contributed by atoms with Crippen molar-refractivity contribution in [3.05, 3.63) is 66.5 Å². The van der Waals surface area contributed by atoms with Crippen LogP contribution >= 0.6 is 0 Å². The standard InChI is InChI=1S/C17H13NO2/c19-17(20)10-12-3-1-4-13(9-12)15-6-2-5-14-11-18-8-7-16(14)15/h1-9,11H,10H2,(H,19,20). The lowest BCUT2D eigenvalue weighted by Gasteiger charge is -2.08. The summed E-state index contributed by atoms with van der Waals surface area (Å²) in [6.07, 6.45) is 3.65. The maximum Gasteiger partial charge on any atom is 0.307 e. The summed E-state index contributed by atoms with van der Waals surface area (Å²) >= 11 is 0. The summed E-state index contributed by atoms with van der Waals surface area (Å²) in [6, 6.07) is 15.7. The Bertz CT molecular complexity index is 775. The van der Waals surface area contributed by atoms with Crippen molar-refractivity contribution in [3.63, 3.8) is 0 Å². The minimum Gasteiger partial charge on any atom is -0.481 e. The number of rotatable bonds is 3. The number of carboxylic acids is 1. The highest BCUT2D eigenvalue weighted by molar-refractivity contribution is 5.96. The molecule has 3 aromatic rings. The van der Waals surface area contributed by atoms with E-state index in [1.807, 2.05) is 54.7 Å². The summed E-state index contributed by atoms with van der Waals surface area (Å²) in [5.74, 6) is -0.815. The lowest BCUT2D eigenvalue weighted by molar-refractivity contribution is -0.136. The molecule has 3 nitrogen and oxygen atoms in total. The second-order valence-electron chi connectivity index (χ2n) is 4.67. The van der Waals surface area contributed by atoms with Crippen molar-refractivity contribution in [2.24, 2.45) is 0 Å². The SMILES string of the molecule is O=C(O)Cc1cccc(-c2cccc3cnccc23)c1. The lowest BCUT2D eigenvalue weighted by atomic mass is 9.97. The molecule has 0 saturated carbocycles. The van der Waals surface area contributed by atoms with Gasteiger partial charge in [0.1, 0.15) is 0 Å². The van der Waals surface area contributed by atoms with Gasteiger partial charge in [-0.3, -0.25) is 9.78 Å².